The summed E-state index contributed by atoms with van der Waals surface area (Å²) in [7, 11) is 0. The second-order valence-corrected chi connectivity index (χ2v) is 4.77. The van der Waals surface area contributed by atoms with E-state index in [2.05, 4.69) is 62.4 Å². The van der Waals surface area contributed by atoms with Crippen molar-refractivity contribution in [3.8, 4) is 16.9 Å². The molecule has 1 heteroatoms. The number of aromatic hydroxyl groups is 1. The van der Waals surface area contributed by atoms with Gasteiger partial charge in [0, 0.05) is 0 Å². The van der Waals surface area contributed by atoms with Crippen LogP contribution in [0.2, 0.25) is 0 Å². The predicted molar refractivity (Wildman–Crippen MR) is 95.9 cm³/mol. The van der Waals surface area contributed by atoms with Gasteiger partial charge in [-0.05, 0) is 23.3 Å². The Morgan fingerprint density at radius 2 is 0.818 bits per heavy atom. The molecule has 0 aromatic heterocycles. The van der Waals surface area contributed by atoms with Gasteiger partial charge >= 0.3 is 0 Å². The van der Waals surface area contributed by atoms with Gasteiger partial charge in [-0.2, -0.15) is 0 Å². The first kappa shape index (κ1) is 17.5. The molecule has 0 aliphatic rings. The average Bonchev–Trinajstić information content (AvgIpc) is 2.59. The number of hydrogen-bond donors (Lipinski definition) is 1. The Balaban J connectivity index is 0.000000206. The largest absolute Gasteiger partial charge is 0.508 e. The normalized spacial score (nSPS) is 8.82. The molecule has 0 saturated heterocycles. The van der Waals surface area contributed by atoms with E-state index >= 15 is 0 Å². The lowest BCUT2D eigenvalue weighted by atomic mass is 10.1. The van der Waals surface area contributed by atoms with Gasteiger partial charge in [-0.15, -0.1) is 0 Å². The molecule has 0 spiro atoms. The lowest BCUT2D eigenvalue weighted by Gasteiger charge is -1.98. The van der Waals surface area contributed by atoms with Gasteiger partial charge in [0.05, 0.1) is 0 Å². The summed E-state index contributed by atoms with van der Waals surface area (Å²) in [6, 6.07) is 29.5. The maximum atomic E-state index is 8.63. The van der Waals surface area contributed by atoms with Crippen molar-refractivity contribution in [2.45, 2.75) is 20.3 Å². The number of benzene rings is 3. The average molecular weight is 292 g/mol. The third kappa shape index (κ3) is 7.30. The Morgan fingerprint density at radius 3 is 1.05 bits per heavy atom. The molecule has 0 saturated carbocycles. The molecule has 1 N–H and O–H groups in total. The summed E-state index contributed by atoms with van der Waals surface area (Å²) in [4.78, 5) is 0. The molecule has 3 aromatic rings. The van der Waals surface area contributed by atoms with E-state index in [4.69, 9.17) is 5.11 Å². The highest BCUT2D eigenvalue weighted by molar-refractivity contribution is 5.62. The molecule has 3 aromatic carbocycles. The molecule has 0 aliphatic carbocycles. The van der Waals surface area contributed by atoms with Gasteiger partial charge in [-0.1, -0.05) is 99.1 Å². The van der Waals surface area contributed by atoms with E-state index in [0.717, 1.165) is 0 Å². The number of hydrogen-bond acceptors (Lipinski definition) is 1. The van der Waals surface area contributed by atoms with Gasteiger partial charge in [-0.25, -0.2) is 0 Å². The fraction of sp³-hybridized carbons (Fsp3) is 0.143. The Bertz CT molecular complexity index is 551. The van der Waals surface area contributed by atoms with Crippen LogP contribution in [0.4, 0.5) is 0 Å². The predicted octanol–water partition coefficient (Wildman–Crippen LogP) is 6.16. The molecule has 0 unspecified atom stereocenters. The molecule has 0 aliphatic heterocycles. The summed E-state index contributed by atoms with van der Waals surface area (Å²) in [6.45, 7) is 4.25. The third-order valence-electron chi connectivity index (χ3n) is 2.64. The van der Waals surface area contributed by atoms with E-state index in [0.29, 0.717) is 5.75 Å². The minimum Gasteiger partial charge on any atom is -0.508 e. The molecule has 114 valence electrons. The Labute approximate surface area is 133 Å². The van der Waals surface area contributed by atoms with Crippen molar-refractivity contribution >= 4 is 0 Å². The molecule has 3 rings (SSSR count). The van der Waals surface area contributed by atoms with Crippen LogP contribution in [0.5, 0.6) is 5.75 Å². The highest BCUT2D eigenvalue weighted by Crippen LogP contribution is 2.17. The van der Waals surface area contributed by atoms with E-state index in [9.17, 15) is 0 Å². The van der Waals surface area contributed by atoms with E-state index in [-0.39, 0.29) is 0 Å². The second-order valence-electron chi connectivity index (χ2n) is 4.77. The number of phenolic OH excluding ortho intramolecular Hbond substituents is 1. The Hall–Kier alpha value is -2.54. The monoisotopic (exact) mass is 292 g/mol. The lowest BCUT2D eigenvalue weighted by Crippen LogP contribution is -1.73. The van der Waals surface area contributed by atoms with Gasteiger partial charge in [0.25, 0.3) is 0 Å². The Kier molecular flexibility index (Phi) is 8.88. The smallest absolute Gasteiger partial charge is 0.115 e. The van der Waals surface area contributed by atoms with Crippen molar-refractivity contribution in [1.29, 1.82) is 0 Å². The van der Waals surface area contributed by atoms with Crippen LogP contribution in [0.25, 0.3) is 11.1 Å². The van der Waals surface area contributed by atoms with Crippen LogP contribution in [0, 0.1) is 0 Å². The molecule has 22 heavy (non-hydrogen) atoms. The van der Waals surface area contributed by atoms with Gasteiger partial charge in [0.2, 0.25) is 0 Å². The minimum atomic E-state index is 0.322. The fourth-order valence-corrected chi connectivity index (χ4v) is 1.69. The van der Waals surface area contributed by atoms with Crippen molar-refractivity contribution in [1.82, 2.24) is 0 Å². The van der Waals surface area contributed by atoms with E-state index in [1.54, 1.807) is 24.3 Å². The zero-order valence-corrected chi connectivity index (χ0v) is 13.3. The molecule has 0 radical (unpaired) electrons. The van der Waals surface area contributed by atoms with Crippen LogP contribution in [0.15, 0.2) is 91.0 Å². The van der Waals surface area contributed by atoms with Crippen LogP contribution < -0.4 is 0 Å². The van der Waals surface area contributed by atoms with Gasteiger partial charge in [-0.3, -0.25) is 0 Å². The lowest BCUT2D eigenvalue weighted by molar-refractivity contribution is 0.475. The van der Waals surface area contributed by atoms with Crippen LogP contribution in [0.3, 0.4) is 0 Å². The maximum absolute atomic E-state index is 8.63. The van der Waals surface area contributed by atoms with Gasteiger partial charge in [0.15, 0.2) is 0 Å². The quantitative estimate of drug-likeness (QED) is 0.569. The first-order chi connectivity index (χ1) is 10.8. The highest BCUT2D eigenvalue weighted by atomic mass is 16.3. The van der Waals surface area contributed by atoms with Crippen LogP contribution in [0.1, 0.15) is 20.3 Å². The Morgan fingerprint density at radius 1 is 0.545 bits per heavy atom. The van der Waals surface area contributed by atoms with Gasteiger partial charge in [0.1, 0.15) is 5.75 Å². The summed E-state index contributed by atoms with van der Waals surface area (Å²) in [5.74, 6) is 0.322. The molecule has 0 fully saturated rings. The van der Waals surface area contributed by atoms with E-state index < -0.39 is 0 Å². The summed E-state index contributed by atoms with van der Waals surface area (Å²) >= 11 is 0. The molecule has 0 bridgehead atoms. The molecule has 0 heterocycles. The third-order valence-corrected chi connectivity index (χ3v) is 2.64. The number of para-hydroxylation sites is 1. The summed E-state index contributed by atoms with van der Waals surface area (Å²) < 4.78 is 0. The topological polar surface area (TPSA) is 20.2 Å². The zero-order valence-electron chi connectivity index (χ0n) is 13.3. The van der Waals surface area contributed by atoms with Crippen molar-refractivity contribution in [2.75, 3.05) is 0 Å². The first-order valence-electron chi connectivity index (χ1n) is 7.62. The van der Waals surface area contributed by atoms with Crippen LogP contribution in [-0.2, 0) is 0 Å². The van der Waals surface area contributed by atoms with Crippen molar-refractivity contribution in [3.63, 3.8) is 0 Å². The number of phenols is 1. The summed E-state index contributed by atoms with van der Waals surface area (Å²) in [5, 5.41) is 8.63. The van der Waals surface area contributed by atoms with E-state index in [1.807, 2.05) is 18.2 Å². The SMILES string of the molecule is CCC.Oc1ccccc1.c1ccc(-c2ccccc2)cc1. The number of rotatable bonds is 1. The van der Waals surface area contributed by atoms with Crippen molar-refractivity contribution in [3.05, 3.63) is 91.0 Å². The molecular formula is C21H24O. The summed E-state index contributed by atoms with van der Waals surface area (Å²) in [6.07, 6.45) is 1.25. The molecule has 0 amide bonds. The second kappa shape index (κ2) is 11.2. The van der Waals surface area contributed by atoms with Crippen molar-refractivity contribution < 1.29 is 5.11 Å². The van der Waals surface area contributed by atoms with Crippen LogP contribution >= 0.6 is 0 Å². The van der Waals surface area contributed by atoms with Gasteiger partial charge < -0.3 is 5.11 Å². The van der Waals surface area contributed by atoms with Crippen LogP contribution in [-0.4, -0.2) is 5.11 Å². The zero-order chi connectivity index (χ0) is 16.0. The first-order valence-corrected chi connectivity index (χ1v) is 7.62. The summed E-state index contributed by atoms with van der Waals surface area (Å²) in [5.41, 5.74) is 2.55. The van der Waals surface area contributed by atoms with Crippen molar-refractivity contribution in [2.24, 2.45) is 0 Å². The molecule has 0 atom stereocenters. The standard InChI is InChI=1S/C12H10.C6H6O.C3H8/c1-3-7-11(8-4-1)12-9-5-2-6-10-12;7-6-4-2-1-3-5-6;1-3-2/h1-10H;1-5,7H;3H2,1-2H3. The highest BCUT2D eigenvalue weighted by Gasteiger charge is 1.91. The molecule has 1 nitrogen and oxygen atoms in total. The minimum absolute atomic E-state index is 0.322. The van der Waals surface area contributed by atoms with E-state index in [1.165, 1.54) is 17.5 Å². The maximum Gasteiger partial charge on any atom is 0.115 e. The molecular weight excluding hydrogens is 268 g/mol. The fourth-order valence-electron chi connectivity index (χ4n) is 1.69.